The predicted octanol–water partition coefficient (Wildman–Crippen LogP) is 3.08. The van der Waals surface area contributed by atoms with Gasteiger partial charge in [-0.2, -0.15) is 5.10 Å². The second-order valence-corrected chi connectivity index (χ2v) is 8.19. The zero-order chi connectivity index (χ0) is 20.5. The van der Waals surface area contributed by atoms with Crippen LogP contribution in [0.3, 0.4) is 0 Å². The number of nitrogens with zero attached hydrogens (tertiary/aromatic N) is 3. The number of amides is 1. The van der Waals surface area contributed by atoms with E-state index in [9.17, 15) is 4.79 Å². The van der Waals surface area contributed by atoms with Gasteiger partial charge in [0.05, 0.1) is 11.7 Å². The number of nitrogens with one attached hydrogen (secondary N) is 2. The number of carbonyl (C=O) groups excluding carboxylic acids is 1. The number of likely N-dealkylation sites (tertiary alicyclic amines) is 1. The number of rotatable bonds is 6. The molecule has 1 saturated heterocycles. The molecule has 154 valence electrons. The molecule has 0 radical (unpaired) electrons. The van der Waals surface area contributed by atoms with Crippen LogP contribution in [0.25, 0.3) is 21.8 Å². The van der Waals surface area contributed by atoms with E-state index in [1.165, 1.54) is 18.4 Å². The molecule has 1 fully saturated rings. The number of fused-ring (bicyclic) bond motifs is 2. The highest BCUT2D eigenvalue weighted by molar-refractivity contribution is 5.83. The van der Waals surface area contributed by atoms with Crippen molar-refractivity contribution in [2.24, 2.45) is 5.73 Å². The van der Waals surface area contributed by atoms with Crippen LogP contribution in [0.5, 0.6) is 0 Å². The number of hydrogen-bond acceptors (Lipinski definition) is 4. The molecule has 0 aliphatic carbocycles. The van der Waals surface area contributed by atoms with E-state index in [2.05, 4.69) is 56.8 Å². The highest BCUT2D eigenvalue weighted by Gasteiger charge is 2.20. The molecule has 30 heavy (non-hydrogen) atoms. The average Bonchev–Trinajstić information content (AvgIpc) is 3.34. The number of hydrogen-bond donors (Lipinski definition) is 3. The number of aromatic amines is 1. The lowest BCUT2D eigenvalue weighted by Gasteiger charge is -2.33. The van der Waals surface area contributed by atoms with Gasteiger partial charge >= 0.3 is 0 Å². The van der Waals surface area contributed by atoms with Crippen molar-refractivity contribution in [1.29, 1.82) is 0 Å². The van der Waals surface area contributed by atoms with Gasteiger partial charge in [-0.25, -0.2) is 0 Å². The van der Waals surface area contributed by atoms with Crippen LogP contribution >= 0.6 is 0 Å². The highest BCUT2D eigenvalue weighted by Crippen LogP contribution is 2.23. The van der Waals surface area contributed by atoms with E-state index < -0.39 is 0 Å². The van der Waals surface area contributed by atoms with Crippen molar-refractivity contribution in [3.05, 3.63) is 60.4 Å². The van der Waals surface area contributed by atoms with E-state index in [1.807, 2.05) is 23.0 Å². The molecule has 0 saturated carbocycles. The quantitative estimate of drug-likeness (QED) is 0.462. The van der Waals surface area contributed by atoms with Crippen molar-refractivity contribution < 1.29 is 4.79 Å². The third kappa shape index (κ3) is 3.89. The lowest BCUT2D eigenvalue weighted by Crippen LogP contribution is -2.41. The summed E-state index contributed by atoms with van der Waals surface area (Å²) in [6.45, 7) is 3.27. The van der Waals surface area contributed by atoms with Crippen molar-refractivity contribution >= 4 is 33.4 Å². The van der Waals surface area contributed by atoms with Gasteiger partial charge in [0, 0.05) is 41.9 Å². The molecule has 0 spiro atoms. The molecule has 0 bridgehead atoms. The van der Waals surface area contributed by atoms with Crippen LogP contribution in [-0.4, -0.2) is 44.7 Å². The highest BCUT2D eigenvalue weighted by atomic mass is 16.1. The Morgan fingerprint density at radius 1 is 1.20 bits per heavy atom. The number of carbonyl (C=O) groups is 1. The van der Waals surface area contributed by atoms with Gasteiger partial charge in [-0.15, -0.1) is 0 Å². The van der Waals surface area contributed by atoms with E-state index in [-0.39, 0.29) is 12.5 Å². The zero-order valence-corrected chi connectivity index (χ0v) is 16.8. The van der Waals surface area contributed by atoms with Gasteiger partial charge in [0.1, 0.15) is 6.54 Å². The van der Waals surface area contributed by atoms with Crippen LogP contribution in [0.15, 0.2) is 54.9 Å². The first-order valence-corrected chi connectivity index (χ1v) is 10.4. The maximum atomic E-state index is 11.2. The molecule has 7 nitrogen and oxygen atoms in total. The van der Waals surface area contributed by atoms with E-state index in [4.69, 9.17) is 5.73 Å². The van der Waals surface area contributed by atoms with Crippen LogP contribution in [0.4, 0.5) is 5.69 Å². The van der Waals surface area contributed by atoms with Crippen molar-refractivity contribution in [3.63, 3.8) is 0 Å². The number of piperidine rings is 1. The molecule has 2 aromatic heterocycles. The number of benzene rings is 2. The summed E-state index contributed by atoms with van der Waals surface area (Å²) in [4.78, 5) is 13.7. The Balaban J connectivity index is 1.25. The molecule has 2 aromatic carbocycles. The molecule has 7 heteroatoms. The Hall–Kier alpha value is -3.32. The number of aromatic nitrogens is 3. The number of nitrogens with two attached hydrogens (primary N) is 1. The molecular formula is C23H26N6O. The van der Waals surface area contributed by atoms with Crippen molar-refractivity contribution in [2.75, 3.05) is 18.4 Å². The molecule has 3 heterocycles. The first-order valence-electron chi connectivity index (χ1n) is 10.4. The average molecular weight is 403 g/mol. The summed E-state index contributed by atoms with van der Waals surface area (Å²) in [5, 5.41) is 13.1. The lowest BCUT2D eigenvalue weighted by atomic mass is 10.0. The number of primary amides is 1. The monoisotopic (exact) mass is 402 g/mol. The molecule has 4 N–H and O–H groups in total. The van der Waals surface area contributed by atoms with Gasteiger partial charge in [-0.05, 0) is 66.7 Å². The zero-order valence-electron chi connectivity index (χ0n) is 16.8. The van der Waals surface area contributed by atoms with E-state index in [0.717, 1.165) is 47.1 Å². The Bertz CT molecular complexity index is 1190. The fourth-order valence-electron chi connectivity index (χ4n) is 4.50. The summed E-state index contributed by atoms with van der Waals surface area (Å²) in [5.41, 5.74) is 9.89. The van der Waals surface area contributed by atoms with Gasteiger partial charge in [-0.1, -0.05) is 6.07 Å². The summed E-state index contributed by atoms with van der Waals surface area (Å²) in [6.07, 6.45) is 6.15. The fraction of sp³-hybridized carbons (Fsp3) is 0.304. The van der Waals surface area contributed by atoms with Crippen molar-refractivity contribution in [2.45, 2.75) is 32.0 Å². The van der Waals surface area contributed by atoms with Gasteiger partial charge in [-0.3, -0.25) is 14.8 Å². The lowest BCUT2D eigenvalue weighted by molar-refractivity contribution is -0.118. The summed E-state index contributed by atoms with van der Waals surface area (Å²) < 4.78 is 1.90. The van der Waals surface area contributed by atoms with E-state index in [0.29, 0.717) is 6.04 Å². The molecule has 4 aromatic rings. The standard InChI is InChI=1S/C23H26N6O/c24-23(30)15-29-9-7-17-10-16(3-6-22(17)29)13-28-8-1-2-20(14-28)26-19-4-5-21-18(11-19)12-25-27-21/h3-7,9-12,20,26H,1-2,8,13-15H2,(H2,24,30)(H,25,27)/t20-/m0/s1. The Kier molecular flexibility index (Phi) is 4.88. The normalized spacial score (nSPS) is 17.5. The van der Waals surface area contributed by atoms with Crippen LogP contribution in [0.2, 0.25) is 0 Å². The molecule has 5 rings (SSSR count). The molecule has 0 unspecified atom stereocenters. The minimum atomic E-state index is -0.324. The SMILES string of the molecule is NC(=O)Cn1ccc2cc(CN3CCC[C@H](Nc4ccc5[nH]ncc5c4)C3)ccc21. The van der Waals surface area contributed by atoms with E-state index in [1.54, 1.807) is 0 Å². The smallest absolute Gasteiger partial charge is 0.237 e. The largest absolute Gasteiger partial charge is 0.381 e. The maximum absolute atomic E-state index is 11.2. The van der Waals surface area contributed by atoms with Crippen molar-refractivity contribution in [3.8, 4) is 0 Å². The minimum absolute atomic E-state index is 0.215. The number of anilines is 1. The van der Waals surface area contributed by atoms with Crippen molar-refractivity contribution in [1.82, 2.24) is 19.7 Å². The van der Waals surface area contributed by atoms with E-state index >= 15 is 0 Å². The summed E-state index contributed by atoms with van der Waals surface area (Å²) in [7, 11) is 0. The first-order chi connectivity index (χ1) is 14.6. The fourth-order valence-corrected chi connectivity index (χ4v) is 4.50. The third-order valence-corrected chi connectivity index (χ3v) is 5.88. The summed E-state index contributed by atoms with van der Waals surface area (Å²) >= 11 is 0. The predicted molar refractivity (Wildman–Crippen MR) is 119 cm³/mol. The topological polar surface area (TPSA) is 92.0 Å². The summed E-state index contributed by atoms with van der Waals surface area (Å²) in [5.74, 6) is -0.324. The first kappa shape index (κ1) is 18.7. The molecule has 1 aliphatic heterocycles. The maximum Gasteiger partial charge on any atom is 0.237 e. The summed E-state index contributed by atoms with van der Waals surface area (Å²) in [6, 6.07) is 15.3. The van der Waals surface area contributed by atoms with Crippen LogP contribution in [0, 0.1) is 0 Å². The van der Waals surface area contributed by atoms with Gasteiger partial charge < -0.3 is 15.6 Å². The second-order valence-electron chi connectivity index (χ2n) is 8.19. The minimum Gasteiger partial charge on any atom is -0.381 e. The van der Waals surface area contributed by atoms with Crippen LogP contribution in [0.1, 0.15) is 18.4 Å². The molecule has 1 amide bonds. The van der Waals surface area contributed by atoms with Crippen LogP contribution in [-0.2, 0) is 17.9 Å². The Labute approximate surface area is 174 Å². The molecular weight excluding hydrogens is 376 g/mol. The van der Waals surface area contributed by atoms with Gasteiger partial charge in [0.25, 0.3) is 0 Å². The van der Waals surface area contributed by atoms with Gasteiger partial charge in [0.2, 0.25) is 5.91 Å². The second kappa shape index (κ2) is 7.84. The van der Waals surface area contributed by atoms with Gasteiger partial charge in [0.15, 0.2) is 0 Å². The van der Waals surface area contributed by atoms with Crippen LogP contribution < -0.4 is 11.1 Å². The number of H-pyrrole nitrogens is 1. The third-order valence-electron chi connectivity index (χ3n) is 5.88. The molecule has 1 atom stereocenters. The molecule has 1 aliphatic rings. The Morgan fingerprint density at radius 2 is 2.13 bits per heavy atom. The Morgan fingerprint density at radius 3 is 3.03 bits per heavy atom.